The number of fused-ring (bicyclic) bond motifs is 3. The molecule has 0 saturated heterocycles. The van der Waals surface area contributed by atoms with Crippen molar-refractivity contribution in [3.63, 3.8) is 0 Å². The topological polar surface area (TPSA) is 95.9 Å². The second kappa shape index (κ2) is 12.9. The Morgan fingerprint density at radius 3 is 2.11 bits per heavy atom. The molecule has 2 amide bonds. The lowest BCUT2D eigenvalue weighted by atomic mass is 9.98. The minimum Gasteiger partial charge on any atom is -0.481 e. The largest absolute Gasteiger partial charge is 0.481 e. The maximum Gasteiger partial charge on any atom is 0.407 e. The number of amides is 2. The Labute approximate surface area is 223 Å². The SMILES string of the molecule is CCC(CCC(=O)N(CCC(=O)O)Cc1ccccc1)NC(=O)OCC1c2ccccc2-c2ccccc21. The van der Waals surface area contributed by atoms with Gasteiger partial charge < -0.3 is 20.1 Å². The molecular weight excluding hydrogens is 480 g/mol. The van der Waals surface area contributed by atoms with Gasteiger partial charge in [-0.1, -0.05) is 85.8 Å². The van der Waals surface area contributed by atoms with Gasteiger partial charge in [0, 0.05) is 31.5 Å². The minimum absolute atomic E-state index is 0.0180. The highest BCUT2D eigenvalue weighted by Crippen LogP contribution is 2.44. The fraction of sp³-hybridized carbons (Fsp3) is 0.323. The van der Waals surface area contributed by atoms with Gasteiger partial charge in [-0.3, -0.25) is 9.59 Å². The first-order valence-electron chi connectivity index (χ1n) is 13.1. The average Bonchev–Trinajstić information content (AvgIpc) is 3.26. The van der Waals surface area contributed by atoms with Crippen LogP contribution in [0.4, 0.5) is 4.79 Å². The van der Waals surface area contributed by atoms with Crippen molar-refractivity contribution in [1.82, 2.24) is 10.2 Å². The zero-order chi connectivity index (χ0) is 26.9. The van der Waals surface area contributed by atoms with Gasteiger partial charge in [0.05, 0.1) is 6.42 Å². The summed E-state index contributed by atoms with van der Waals surface area (Å²) in [5.74, 6) is -1.10. The Kier molecular flexibility index (Phi) is 9.14. The van der Waals surface area contributed by atoms with Crippen LogP contribution in [0.15, 0.2) is 78.9 Å². The molecule has 3 aromatic carbocycles. The quantitative estimate of drug-likeness (QED) is 0.329. The van der Waals surface area contributed by atoms with Crippen molar-refractivity contribution in [1.29, 1.82) is 0 Å². The van der Waals surface area contributed by atoms with E-state index in [1.54, 1.807) is 4.90 Å². The molecule has 7 heteroatoms. The van der Waals surface area contributed by atoms with E-state index in [-0.39, 0.29) is 43.9 Å². The third-order valence-electron chi connectivity index (χ3n) is 7.03. The summed E-state index contributed by atoms with van der Waals surface area (Å²) in [6.45, 7) is 2.67. The van der Waals surface area contributed by atoms with E-state index in [9.17, 15) is 14.4 Å². The van der Waals surface area contributed by atoms with Gasteiger partial charge in [0.25, 0.3) is 0 Å². The molecule has 1 aliphatic rings. The highest BCUT2D eigenvalue weighted by molar-refractivity contribution is 5.79. The van der Waals surface area contributed by atoms with Crippen molar-refractivity contribution in [2.75, 3.05) is 13.2 Å². The van der Waals surface area contributed by atoms with Gasteiger partial charge in [-0.25, -0.2) is 4.79 Å². The molecule has 198 valence electrons. The maximum atomic E-state index is 13.0. The van der Waals surface area contributed by atoms with E-state index >= 15 is 0 Å². The molecule has 7 nitrogen and oxygen atoms in total. The summed E-state index contributed by atoms with van der Waals surface area (Å²) in [5, 5.41) is 12.0. The molecule has 0 spiro atoms. The Morgan fingerprint density at radius 1 is 0.895 bits per heavy atom. The molecule has 4 rings (SSSR count). The Morgan fingerprint density at radius 2 is 1.50 bits per heavy atom. The van der Waals surface area contributed by atoms with Gasteiger partial charge >= 0.3 is 12.1 Å². The van der Waals surface area contributed by atoms with Crippen molar-refractivity contribution in [2.45, 2.75) is 51.1 Å². The van der Waals surface area contributed by atoms with Gasteiger partial charge in [0.15, 0.2) is 0 Å². The molecule has 0 aromatic heterocycles. The van der Waals surface area contributed by atoms with Crippen LogP contribution in [0.2, 0.25) is 0 Å². The summed E-state index contributed by atoms with van der Waals surface area (Å²) in [4.78, 5) is 38.4. The normalized spacial score (nSPS) is 12.8. The lowest BCUT2D eigenvalue weighted by molar-refractivity contribution is -0.138. The number of carbonyl (C=O) groups is 3. The summed E-state index contributed by atoms with van der Waals surface area (Å²) < 4.78 is 5.66. The van der Waals surface area contributed by atoms with Crippen molar-refractivity contribution < 1.29 is 24.2 Å². The average molecular weight is 515 g/mol. The van der Waals surface area contributed by atoms with Crippen LogP contribution in [0.25, 0.3) is 11.1 Å². The number of nitrogens with one attached hydrogen (secondary N) is 1. The van der Waals surface area contributed by atoms with Crippen molar-refractivity contribution in [3.05, 3.63) is 95.6 Å². The van der Waals surface area contributed by atoms with Gasteiger partial charge in [0.1, 0.15) is 6.61 Å². The molecule has 1 atom stereocenters. The molecule has 38 heavy (non-hydrogen) atoms. The summed E-state index contributed by atoms with van der Waals surface area (Å²) >= 11 is 0. The molecule has 0 aliphatic heterocycles. The van der Waals surface area contributed by atoms with E-state index < -0.39 is 12.1 Å². The summed E-state index contributed by atoms with van der Waals surface area (Å²) in [6.07, 6.45) is 0.671. The Balaban J connectivity index is 1.30. The standard InChI is InChI=1S/C31H34N2O5/c1-2-23(16-17-29(34)33(19-18-30(35)36)20-22-10-4-3-5-11-22)32-31(37)38-21-28-26-14-8-6-12-24(26)25-13-7-9-15-27(25)28/h3-15,23,28H,2,16-21H2,1H3,(H,32,37)(H,35,36). The number of hydrogen-bond donors (Lipinski definition) is 2. The number of aliphatic carboxylic acids is 1. The number of rotatable bonds is 12. The highest BCUT2D eigenvalue weighted by Gasteiger charge is 2.29. The molecule has 0 heterocycles. The summed E-state index contributed by atoms with van der Waals surface area (Å²) in [6, 6.07) is 25.6. The smallest absolute Gasteiger partial charge is 0.407 e. The third-order valence-corrected chi connectivity index (χ3v) is 7.03. The second-order valence-electron chi connectivity index (χ2n) is 9.56. The summed E-state index contributed by atoms with van der Waals surface area (Å²) in [7, 11) is 0. The van der Waals surface area contributed by atoms with E-state index in [1.165, 1.54) is 11.1 Å². The predicted octanol–water partition coefficient (Wildman–Crippen LogP) is 5.59. The molecule has 0 saturated carbocycles. The van der Waals surface area contributed by atoms with Gasteiger partial charge in [-0.15, -0.1) is 0 Å². The number of alkyl carbamates (subject to hydrolysis) is 1. The van der Waals surface area contributed by atoms with Gasteiger partial charge in [-0.2, -0.15) is 0 Å². The monoisotopic (exact) mass is 514 g/mol. The number of carboxylic acid groups (broad SMARTS) is 1. The number of carbonyl (C=O) groups excluding carboxylic acids is 2. The van der Waals surface area contributed by atoms with Crippen LogP contribution < -0.4 is 5.32 Å². The van der Waals surface area contributed by atoms with Crippen LogP contribution in [-0.2, 0) is 20.9 Å². The Bertz CT molecular complexity index is 1210. The summed E-state index contributed by atoms with van der Waals surface area (Å²) in [5.41, 5.74) is 5.59. The Hall–Kier alpha value is -4.13. The van der Waals surface area contributed by atoms with Gasteiger partial charge in [-0.05, 0) is 40.7 Å². The van der Waals surface area contributed by atoms with Crippen molar-refractivity contribution in [3.8, 4) is 11.1 Å². The second-order valence-corrected chi connectivity index (χ2v) is 9.56. The zero-order valence-corrected chi connectivity index (χ0v) is 21.6. The molecule has 0 fully saturated rings. The first-order chi connectivity index (χ1) is 18.5. The molecule has 0 radical (unpaired) electrons. The minimum atomic E-state index is -0.945. The number of benzene rings is 3. The first-order valence-corrected chi connectivity index (χ1v) is 13.1. The highest BCUT2D eigenvalue weighted by atomic mass is 16.5. The number of hydrogen-bond acceptors (Lipinski definition) is 4. The van der Waals surface area contributed by atoms with Crippen LogP contribution in [0.1, 0.15) is 55.2 Å². The van der Waals surface area contributed by atoms with Crippen LogP contribution in [0.5, 0.6) is 0 Å². The molecule has 0 bridgehead atoms. The van der Waals surface area contributed by atoms with E-state index in [1.807, 2.05) is 61.5 Å². The van der Waals surface area contributed by atoms with Crippen molar-refractivity contribution >= 4 is 18.0 Å². The van der Waals surface area contributed by atoms with E-state index in [0.717, 1.165) is 16.7 Å². The maximum absolute atomic E-state index is 13.0. The third kappa shape index (κ3) is 6.79. The molecular formula is C31H34N2O5. The molecule has 3 aromatic rings. The molecule has 2 N–H and O–H groups in total. The fourth-order valence-electron chi connectivity index (χ4n) is 4.97. The molecule has 1 aliphatic carbocycles. The predicted molar refractivity (Wildman–Crippen MR) is 146 cm³/mol. The van der Waals surface area contributed by atoms with Crippen LogP contribution in [0.3, 0.4) is 0 Å². The van der Waals surface area contributed by atoms with Gasteiger partial charge in [0.2, 0.25) is 5.91 Å². The number of nitrogens with zero attached hydrogens (tertiary/aromatic N) is 1. The first kappa shape index (κ1) is 26.9. The fourth-order valence-corrected chi connectivity index (χ4v) is 4.97. The lowest BCUT2D eigenvalue weighted by Crippen LogP contribution is -2.38. The van der Waals surface area contributed by atoms with Crippen LogP contribution >= 0.6 is 0 Å². The van der Waals surface area contributed by atoms with E-state index in [0.29, 0.717) is 19.4 Å². The van der Waals surface area contributed by atoms with Crippen LogP contribution in [0, 0.1) is 0 Å². The van der Waals surface area contributed by atoms with E-state index in [4.69, 9.17) is 9.84 Å². The zero-order valence-electron chi connectivity index (χ0n) is 21.6. The molecule has 1 unspecified atom stereocenters. The van der Waals surface area contributed by atoms with Crippen LogP contribution in [-0.4, -0.2) is 47.2 Å². The van der Waals surface area contributed by atoms with E-state index in [2.05, 4.69) is 29.6 Å². The lowest BCUT2D eigenvalue weighted by Gasteiger charge is -2.24. The van der Waals surface area contributed by atoms with Crippen molar-refractivity contribution in [2.24, 2.45) is 0 Å². The number of ether oxygens (including phenoxy) is 1. The number of carboxylic acids is 1.